The Bertz CT molecular complexity index is 818. The molecular weight excluding hydrogens is 352 g/mol. The van der Waals surface area contributed by atoms with Gasteiger partial charge < -0.3 is 15.4 Å². The number of hydrogen-bond acceptors (Lipinski definition) is 3. The van der Waals surface area contributed by atoms with Crippen molar-refractivity contribution in [1.29, 1.82) is 0 Å². The standard InChI is InChI=1S/C20H21ClN2O3/c1-2-13-11-17(8-9-18(13)21)26-12-19(24)22-16-5-3-4-14(10-16)20(25)23-15-6-7-15/h3-5,8-11,15H,2,6-7,12H2,1H3,(H,22,24)(H,23,25). The molecule has 0 saturated heterocycles. The highest BCUT2D eigenvalue weighted by Gasteiger charge is 2.23. The van der Waals surface area contributed by atoms with Gasteiger partial charge in [0.2, 0.25) is 0 Å². The molecule has 2 N–H and O–H groups in total. The molecule has 1 fully saturated rings. The van der Waals surface area contributed by atoms with E-state index in [9.17, 15) is 9.59 Å². The van der Waals surface area contributed by atoms with E-state index in [1.165, 1.54) is 0 Å². The molecule has 0 heterocycles. The quantitative estimate of drug-likeness (QED) is 0.776. The minimum atomic E-state index is -0.294. The predicted molar refractivity (Wildman–Crippen MR) is 102 cm³/mol. The summed E-state index contributed by atoms with van der Waals surface area (Å²) in [6, 6.07) is 12.5. The third-order valence-electron chi connectivity index (χ3n) is 4.09. The minimum Gasteiger partial charge on any atom is -0.484 e. The molecule has 0 unspecified atom stereocenters. The van der Waals surface area contributed by atoms with Gasteiger partial charge in [-0.25, -0.2) is 0 Å². The molecule has 136 valence electrons. The smallest absolute Gasteiger partial charge is 0.262 e. The monoisotopic (exact) mass is 372 g/mol. The van der Waals surface area contributed by atoms with E-state index in [0.717, 1.165) is 24.8 Å². The lowest BCUT2D eigenvalue weighted by Crippen LogP contribution is -2.25. The van der Waals surface area contributed by atoms with Crippen LogP contribution in [-0.4, -0.2) is 24.5 Å². The highest BCUT2D eigenvalue weighted by atomic mass is 35.5. The molecule has 26 heavy (non-hydrogen) atoms. The fraction of sp³-hybridized carbons (Fsp3) is 0.300. The molecule has 3 rings (SSSR count). The highest BCUT2D eigenvalue weighted by Crippen LogP contribution is 2.23. The Morgan fingerprint density at radius 1 is 1.19 bits per heavy atom. The van der Waals surface area contributed by atoms with Crippen LogP contribution in [0, 0.1) is 0 Å². The number of carbonyl (C=O) groups excluding carboxylic acids is 2. The van der Waals surface area contributed by atoms with Crippen molar-refractivity contribution < 1.29 is 14.3 Å². The van der Waals surface area contributed by atoms with E-state index in [1.54, 1.807) is 36.4 Å². The van der Waals surface area contributed by atoms with Crippen molar-refractivity contribution in [2.75, 3.05) is 11.9 Å². The van der Waals surface area contributed by atoms with Gasteiger partial charge in [-0.2, -0.15) is 0 Å². The van der Waals surface area contributed by atoms with Gasteiger partial charge in [0.1, 0.15) is 5.75 Å². The van der Waals surface area contributed by atoms with E-state index in [0.29, 0.717) is 28.1 Å². The second-order valence-electron chi connectivity index (χ2n) is 6.27. The van der Waals surface area contributed by atoms with Gasteiger partial charge in [0.25, 0.3) is 11.8 Å². The summed E-state index contributed by atoms with van der Waals surface area (Å²) in [6.45, 7) is 1.88. The third-order valence-corrected chi connectivity index (χ3v) is 4.46. The molecule has 0 atom stereocenters. The summed E-state index contributed by atoms with van der Waals surface area (Å²) in [6.07, 6.45) is 2.85. The van der Waals surface area contributed by atoms with E-state index >= 15 is 0 Å². The molecule has 2 aromatic carbocycles. The van der Waals surface area contributed by atoms with Gasteiger partial charge in [-0.3, -0.25) is 9.59 Å². The number of carbonyl (C=O) groups is 2. The lowest BCUT2D eigenvalue weighted by molar-refractivity contribution is -0.118. The maximum absolute atomic E-state index is 12.1. The summed E-state index contributed by atoms with van der Waals surface area (Å²) in [7, 11) is 0. The van der Waals surface area contributed by atoms with Crippen molar-refractivity contribution in [3.05, 3.63) is 58.6 Å². The zero-order valence-corrected chi connectivity index (χ0v) is 15.3. The van der Waals surface area contributed by atoms with E-state index in [1.807, 2.05) is 13.0 Å². The van der Waals surface area contributed by atoms with Crippen LogP contribution in [0.25, 0.3) is 0 Å². The minimum absolute atomic E-state index is 0.117. The molecule has 6 heteroatoms. The molecule has 0 aromatic heterocycles. The normalized spacial score (nSPS) is 13.2. The molecule has 2 amide bonds. The average molecular weight is 373 g/mol. The summed E-state index contributed by atoms with van der Waals surface area (Å²) in [5.74, 6) is 0.185. The second-order valence-corrected chi connectivity index (χ2v) is 6.68. The fourth-order valence-electron chi connectivity index (χ4n) is 2.49. The van der Waals surface area contributed by atoms with Crippen molar-refractivity contribution in [2.24, 2.45) is 0 Å². The van der Waals surface area contributed by atoms with Crippen LogP contribution in [-0.2, 0) is 11.2 Å². The molecular formula is C20H21ClN2O3. The number of aryl methyl sites for hydroxylation is 1. The topological polar surface area (TPSA) is 67.4 Å². The number of halogens is 1. The number of ether oxygens (including phenoxy) is 1. The SMILES string of the molecule is CCc1cc(OCC(=O)Nc2cccc(C(=O)NC3CC3)c2)ccc1Cl. The number of benzene rings is 2. The first-order valence-corrected chi connectivity index (χ1v) is 9.05. The fourth-order valence-corrected chi connectivity index (χ4v) is 2.74. The Hall–Kier alpha value is -2.53. The maximum atomic E-state index is 12.1. The molecule has 0 aliphatic heterocycles. The van der Waals surface area contributed by atoms with Crippen LogP contribution in [0.15, 0.2) is 42.5 Å². The lowest BCUT2D eigenvalue weighted by Gasteiger charge is -2.10. The Morgan fingerprint density at radius 2 is 2.00 bits per heavy atom. The molecule has 5 nitrogen and oxygen atoms in total. The molecule has 1 aliphatic carbocycles. The molecule has 0 bridgehead atoms. The molecule has 1 aliphatic rings. The van der Waals surface area contributed by atoms with Gasteiger partial charge in [0.15, 0.2) is 6.61 Å². The van der Waals surface area contributed by atoms with Crippen LogP contribution in [0.1, 0.15) is 35.7 Å². The summed E-state index contributed by atoms with van der Waals surface area (Å²) in [4.78, 5) is 24.2. The van der Waals surface area contributed by atoms with Crippen molar-refractivity contribution >= 4 is 29.1 Å². The number of hydrogen-bond donors (Lipinski definition) is 2. The summed E-state index contributed by atoms with van der Waals surface area (Å²) in [5, 5.41) is 6.36. The van der Waals surface area contributed by atoms with Crippen molar-refractivity contribution in [2.45, 2.75) is 32.2 Å². The largest absolute Gasteiger partial charge is 0.484 e. The molecule has 0 spiro atoms. The number of rotatable bonds is 7. The zero-order valence-electron chi connectivity index (χ0n) is 14.5. The third kappa shape index (κ3) is 4.99. The van der Waals surface area contributed by atoms with Crippen molar-refractivity contribution in [3.8, 4) is 5.75 Å². The van der Waals surface area contributed by atoms with Crippen LogP contribution in [0.5, 0.6) is 5.75 Å². The van der Waals surface area contributed by atoms with Crippen LogP contribution in [0.2, 0.25) is 5.02 Å². The first-order valence-electron chi connectivity index (χ1n) is 8.67. The average Bonchev–Trinajstić information content (AvgIpc) is 3.45. The number of nitrogens with one attached hydrogen (secondary N) is 2. The van der Waals surface area contributed by atoms with Crippen molar-refractivity contribution in [1.82, 2.24) is 5.32 Å². The Balaban J connectivity index is 1.55. The van der Waals surface area contributed by atoms with Crippen LogP contribution < -0.4 is 15.4 Å². The molecule has 0 radical (unpaired) electrons. The Labute approximate surface area is 157 Å². The first kappa shape index (κ1) is 18.3. The number of anilines is 1. The second kappa shape index (κ2) is 8.23. The summed E-state index contributed by atoms with van der Waals surface area (Å²) < 4.78 is 5.53. The predicted octanol–water partition coefficient (Wildman–Crippen LogP) is 3.81. The van der Waals surface area contributed by atoms with E-state index in [4.69, 9.17) is 16.3 Å². The maximum Gasteiger partial charge on any atom is 0.262 e. The molecule has 2 aromatic rings. The number of amides is 2. The van der Waals surface area contributed by atoms with Gasteiger partial charge in [0, 0.05) is 22.3 Å². The van der Waals surface area contributed by atoms with Crippen molar-refractivity contribution in [3.63, 3.8) is 0 Å². The Kier molecular flexibility index (Phi) is 5.78. The van der Waals surface area contributed by atoms with E-state index < -0.39 is 0 Å². The Morgan fingerprint density at radius 3 is 2.73 bits per heavy atom. The van der Waals surface area contributed by atoms with Gasteiger partial charge in [-0.05, 0) is 61.2 Å². The first-order chi connectivity index (χ1) is 12.5. The van der Waals surface area contributed by atoms with Crippen LogP contribution >= 0.6 is 11.6 Å². The summed E-state index contributed by atoms with van der Waals surface area (Å²) in [5.41, 5.74) is 2.06. The van der Waals surface area contributed by atoms with Crippen LogP contribution in [0.3, 0.4) is 0 Å². The van der Waals surface area contributed by atoms with Gasteiger partial charge in [-0.15, -0.1) is 0 Å². The highest BCUT2D eigenvalue weighted by molar-refractivity contribution is 6.31. The summed E-state index contributed by atoms with van der Waals surface area (Å²) >= 11 is 6.07. The van der Waals surface area contributed by atoms with Gasteiger partial charge >= 0.3 is 0 Å². The molecule has 1 saturated carbocycles. The zero-order chi connectivity index (χ0) is 18.5. The lowest BCUT2D eigenvalue weighted by atomic mass is 10.1. The van der Waals surface area contributed by atoms with Crippen LogP contribution in [0.4, 0.5) is 5.69 Å². The van der Waals surface area contributed by atoms with Gasteiger partial charge in [-0.1, -0.05) is 24.6 Å². The van der Waals surface area contributed by atoms with E-state index in [2.05, 4.69) is 10.6 Å². The van der Waals surface area contributed by atoms with E-state index in [-0.39, 0.29) is 18.4 Å². The van der Waals surface area contributed by atoms with Gasteiger partial charge in [0.05, 0.1) is 0 Å².